The molecule has 0 aliphatic carbocycles. The Bertz CT molecular complexity index is 791. The molecule has 2 aromatic carbocycles. The first-order valence-corrected chi connectivity index (χ1v) is 6.72. The molecule has 3 rings (SSSR count). The van der Waals surface area contributed by atoms with Crippen molar-refractivity contribution in [1.82, 2.24) is 4.57 Å². The van der Waals surface area contributed by atoms with Crippen LogP contribution in [0.25, 0.3) is 28.7 Å². The van der Waals surface area contributed by atoms with E-state index in [9.17, 15) is 0 Å². The van der Waals surface area contributed by atoms with Crippen LogP contribution >= 0.6 is 0 Å². The van der Waals surface area contributed by atoms with E-state index >= 15 is 0 Å². The highest BCUT2D eigenvalue weighted by Gasteiger charge is 2.15. The van der Waals surface area contributed by atoms with E-state index in [2.05, 4.69) is 67.1 Å². The van der Waals surface area contributed by atoms with E-state index in [0.29, 0.717) is 0 Å². The van der Waals surface area contributed by atoms with E-state index in [0.717, 1.165) is 16.9 Å². The number of fused-ring (bicyclic) bond motifs is 1. The number of aromatic nitrogens is 1. The third-order valence-electron chi connectivity index (χ3n) is 3.68. The lowest BCUT2D eigenvalue weighted by atomic mass is 10.1. The van der Waals surface area contributed by atoms with E-state index in [1.807, 2.05) is 18.2 Å². The van der Waals surface area contributed by atoms with Crippen molar-refractivity contribution in [3.63, 3.8) is 0 Å². The van der Waals surface area contributed by atoms with E-state index in [-0.39, 0.29) is 0 Å². The van der Waals surface area contributed by atoms with Gasteiger partial charge in [-0.2, -0.15) is 0 Å². The molecule has 0 bridgehead atoms. The smallest absolute Gasteiger partial charge is 0.0570 e. The number of hydrogen-bond acceptors (Lipinski definition) is 0. The monoisotopic (exact) mass is 259 g/mol. The fourth-order valence-electron chi connectivity index (χ4n) is 2.81. The molecule has 0 spiro atoms. The summed E-state index contributed by atoms with van der Waals surface area (Å²) in [5.41, 5.74) is 5.86. The highest BCUT2D eigenvalue weighted by Crippen LogP contribution is 2.32. The van der Waals surface area contributed by atoms with Crippen LogP contribution in [0.1, 0.15) is 16.8 Å². The summed E-state index contributed by atoms with van der Waals surface area (Å²) in [5.74, 6) is 0. The van der Waals surface area contributed by atoms with Crippen molar-refractivity contribution in [2.45, 2.75) is 6.92 Å². The highest BCUT2D eigenvalue weighted by atomic mass is 15.0. The second-order valence-corrected chi connectivity index (χ2v) is 4.85. The summed E-state index contributed by atoms with van der Waals surface area (Å²) in [6.45, 7) is 10.1. The molecule has 0 radical (unpaired) electrons. The average Bonchev–Trinajstić information content (AvgIpc) is 2.82. The van der Waals surface area contributed by atoms with Crippen LogP contribution in [-0.2, 0) is 0 Å². The zero-order valence-electron chi connectivity index (χ0n) is 11.6. The molecule has 1 heteroatoms. The number of rotatable bonds is 3. The molecule has 1 aromatic heterocycles. The molecule has 0 aliphatic rings. The van der Waals surface area contributed by atoms with Gasteiger partial charge in [-0.3, -0.25) is 0 Å². The van der Waals surface area contributed by atoms with Gasteiger partial charge in [0.25, 0.3) is 0 Å². The van der Waals surface area contributed by atoms with Crippen molar-refractivity contribution in [1.29, 1.82) is 0 Å². The van der Waals surface area contributed by atoms with Crippen molar-refractivity contribution in [3.05, 3.63) is 78.5 Å². The SMILES string of the molecule is C=Cc1c(C=C)n(-c2ccccc2)c2c(C)cccc12. The first kappa shape index (κ1) is 12.5. The first-order valence-electron chi connectivity index (χ1n) is 6.72. The van der Waals surface area contributed by atoms with Crippen LogP contribution in [0.2, 0.25) is 0 Å². The van der Waals surface area contributed by atoms with E-state index in [4.69, 9.17) is 0 Å². The third kappa shape index (κ3) is 1.71. The summed E-state index contributed by atoms with van der Waals surface area (Å²) < 4.78 is 2.26. The lowest BCUT2D eigenvalue weighted by Crippen LogP contribution is -1.97. The van der Waals surface area contributed by atoms with Gasteiger partial charge >= 0.3 is 0 Å². The zero-order chi connectivity index (χ0) is 14.1. The van der Waals surface area contributed by atoms with Crippen LogP contribution in [0.3, 0.4) is 0 Å². The summed E-state index contributed by atoms with van der Waals surface area (Å²) in [5, 5.41) is 1.22. The maximum Gasteiger partial charge on any atom is 0.0570 e. The van der Waals surface area contributed by atoms with Gasteiger partial charge in [-0.15, -0.1) is 0 Å². The Labute approximate surface area is 119 Å². The quantitative estimate of drug-likeness (QED) is 0.607. The second kappa shape index (κ2) is 4.86. The standard InChI is InChI=1S/C19H17N/c1-4-16-17-13-9-10-14(3)19(17)20(18(16)5-2)15-11-7-6-8-12-15/h4-13H,1-2H2,3H3. The molecule has 0 N–H and O–H groups in total. The summed E-state index contributed by atoms with van der Waals surface area (Å²) in [7, 11) is 0. The summed E-state index contributed by atoms with van der Waals surface area (Å²) in [6.07, 6.45) is 3.82. The van der Waals surface area contributed by atoms with Gasteiger partial charge in [0.15, 0.2) is 0 Å². The molecule has 0 saturated carbocycles. The van der Waals surface area contributed by atoms with Gasteiger partial charge in [0.1, 0.15) is 0 Å². The molecule has 0 saturated heterocycles. The molecule has 3 aromatic rings. The van der Waals surface area contributed by atoms with Crippen molar-refractivity contribution in [2.75, 3.05) is 0 Å². The number of nitrogens with zero attached hydrogens (tertiary/aromatic N) is 1. The van der Waals surface area contributed by atoms with Gasteiger partial charge in [0.2, 0.25) is 0 Å². The van der Waals surface area contributed by atoms with Crippen LogP contribution in [0.4, 0.5) is 0 Å². The Morgan fingerprint density at radius 1 is 0.900 bits per heavy atom. The third-order valence-corrected chi connectivity index (χ3v) is 3.68. The largest absolute Gasteiger partial charge is 0.309 e. The Balaban J connectivity index is 2.53. The van der Waals surface area contributed by atoms with Gasteiger partial charge in [-0.25, -0.2) is 0 Å². The lowest BCUT2D eigenvalue weighted by molar-refractivity contribution is 1.10. The summed E-state index contributed by atoms with van der Waals surface area (Å²) in [4.78, 5) is 0. The maximum atomic E-state index is 3.98. The molecular weight excluding hydrogens is 242 g/mol. The maximum absolute atomic E-state index is 3.98. The van der Waals surface area contributed by atoms with Gasteiger partial charge in [-0.1, -0.05) is 55.6 Å². The van der Waals surface area contributed by atoms with Crippen LogP contribution < -0.4 is 0 Å². The van der Waals surface area contributed by atoms with Crippen molar-refractivity contribution < 1.29 is 0 Å². The van der Waals surface area contributed by atoms with Crippen LogP contribution in [-0.4, -0.2) is 4.57 Å². The summed E-state index contributed by atoms with van der Waals surface area (Å²) >= 11 is 0. The minimum Gasteiger partial charge on any atom is -0.309 e. The van der Waals surface area contributed by atoms with E-state index in [1.54, 1.807) is 0 Å². The molecule has 98 valence electrons. The molecule has 0 aliphatic heterocycles. The Kier molecular flexibility index (Phi) is 3.03. The first-order chi connectivity index (χ1) is 9.77. The molecule has 0 amide bonds. The zero-order valence-corrected chi connectivity index (χ0v) is 11.6. The van der Waals surface area contributed by atoms with Crippen LogP contribution in [0.15, 0.2) is 61.7 Å². The fraction of sp³-hybridized carbons (Fsp3) is 0.0526. The molecule has 0 unspecified atom stereocenters. The van der Waals surface area contributed by atoms with Gasteiger partial charge in [0.05, 0.1) is 11.2 Å². The van der Waals surface area contributed by atoms with E-state index < -0.39 is 0 Å². The lowest BCUT2D eigenvalue weighted by Gasteiger charge is -2.10. The molecule has 0 atom stereocenters. The number of benzene rings is 2. The average molecular weight is 259 g/mol. The normalized spacial score (nSPS) is 10.7. The fourth-order valence-corrected chi connectivity index (χ4v) is 2.81. The highest BCUT2D eigenvalue weighted by molar-refractivity contribution is 5.96. The number of hydrogen-bond donors (Lipinski definition) is 0. The Hall–Kier alpha value is -2.54. The van der Waals surface area contributed by atoms with Crippen molar-refractivity contribution in [2.24, 2.45) is 0 Å². The Morgan fingerprint density at radius 2 is 1.65 bits per heavy atom. The molecular formula is C19H17N. The number of aryl methyl sites for hydroxylation is 1. The molecule has 1 nitrogen and oxygen atoms in total. The number of para-hydroxylation sites is 2. The van der Waals surface area contributed by atoms with Crippen molar-refractivity contribution >= 4 is 23.1 Å². The predicted molar refractivity (Wildman–Crippen MR) is 88.2 cm³/mol. The van der Waals surface area contributed by atoms with Gasteiger partial charge < -0.3 is 4.57 Å². The van der Waals surface area contributed by atoms with Gasteiger partial charge in [0, 0.05) is 16.6 Å². The molecule has 20 heavy (non-hydrogen) atoms. The van der Waals surface area contributed by atoms with Crippen LogP contribution in [0, 0.1) is 6.92 Å². The van der Waals surface area contributed by atoms with E-state index in [1.165, 1.54) is 16.5 Å². The topological polar surface area (TPSA) is 4.93 Å². The second-order valence-electron chi connectivity index (χ2n) is 4.85. The minimum absolute atomic E-state index is 1.09. The minimum atomic E-state index is 1.09. The predicted octanol–water partition coefficient (Wildman–Crippen LogP) is 5.22. The van der Waals surface area contributed by atoms with Crippen molar-refractivity contribution in [3.8, 4) is 5.69 Å². The van der Waals surface area contributed by atoms with Crippen LogP contribution in [0.5, 0.6) is 0 Å². The molecule has 1 heterocycles. The molecule has 0 fully saturated rings. The Morgan fingerprint density at radius 3 is 2.30 bits per heavy atom. The summed E-state index contributed by atoms with van der Waals surface area (Å²) in [6, 6.07) is 16.8. The van der Waals surface area contributed by atoms with Gasteiger partial charge in [-0.05, 0) is 30.7 Å².